The van der Waals surface area contributed by atoms with Crippen LogP contribution < -0.4 is 0 Å². The number of unbranched alkanes of at least 4 members (excludes halogenated alkanes) is 29. The van der Waals surface area contributed by atoms with Gasteiger partial charge < -0.3 is 9.79 Å². The van der Waals surface area contributed by atoms with Gasteiger partial charge in [0.25, 0.3) is 0 Å². The molecule has 0 atom stereocenters. The largest absolute Gasteiger partial charge is 0.472 e. The van der Waals surface area contributed by atoms with Crippen molar-refractivity contribution in [3.63, 3.8) is 0 Å². The van der Waals surface area contributed by atoms with Crippen LogP contribution in [0.25, 0.3) is 0 Å². The molecule has 0 saturated carbocycles. The van der Waals surface area contributed by atoms with Crippen molar-refractivity contribution >= 4 is 7.82 Å². The van der Waals surface area contributed by atoms with E-state index in [1.165, 1.54) is 212 Å². The van der Waals surface area contributed by atoms with Crippen LogP contribution in [0.2, 0.25) is 0 Å². The highest BCUT2D eigenvalue weighted by Crippen LogP contribution is 2.43. The van der Waals surface area contributed by atoms with Crippen LogP contribution in [-0.4, -0.2) is 42.6 Å². The summed E-state index contributed by atoms with van der Waals surface area (Å²) in [5.41, 5.74) is 0. The summed E-state index contributed by atoms with van der Waals surface area (Å²) in [5.74, 6) is 0. The minimum atomic E-state index is -3.75. The van der Waals surface area contributed by atoms with Gasteiger partial charge in [0.15, 0.2) is 0 Å². The summed E-state index contributed by atoms with van der Waals surface area (Å²) in [4.78, 5) is 11.9. The molecule has 0 amide bonds. The second-order valence-corrected chi connectivity index (χ2v) is 16.7. The molecule has 0 rings (SSSR count). The number of phosphoric ester groups is 1. The van der Waals surface area contributed by atoms with Gasteiger partial charge in [-0.15, -0.1) is 0 Å². The van der Waals surface area contributed by atoms with Crippen LogP contribution in [0.4, 0.5) is 0 Å². The van der Waals surface area contributed by atoms with Gasteiger partial charge in [0.2, 0.25) is 0 Å². The number of hydrogen-bond acceptors (Lipinski definition) is 4. The fraction of sp³-hybridized carbons (Fsp3) is 1.00. The molecule has 0 bridgehead atoms. The van der Waals surface area contributed by atoms with Crippen molar-refractivity contribution in [2.45, 2.75) is 253 Å². The fourth-order valence-electron chi connectivity index (χ4n) is 6.49. The molecule has 5 nitrogen and oxygen atoms in total. The van der Waals surface area contributed by atoms with Crippen molar-refractivity contribution in [1.29, 1.82) is 0 Å². The fourth-order valence-corrected chi connectivity index (χ4v) is 7.28. The summed E-state index contributed by atoms with van der Waals surface area (Å²) in [6.45, 7) is 15.6. The summed E-state index contributed by atoms with van der Waals surface area (Å²) in [5, 5.41) is 0. The molecular formula is C44H94NO4P. The Balaban J connectivity index is 0. The van der Waals surface area contributed by atoms with Crippen molar-refractivity contribution in [3.8, 4) is 0 Å². The van der Waals surface area contributed by atoms with Gasteiger partial charge in [0, 0.05) is 0 Å². The standard InChI is InChI=1S/C36H75N.C8H19O4P/c1-4-7-10-13-16-19-22-25-28-31-34-37(35-32-29-26-23-20-17-14-11-8-5-2)36-33-30-27-24-21-18-15-12-9-6-3;1-3-5-7-11-13(9,10)12-8-6-4-2/h4-36H2,1-3H3;3-8H2,1-2H3,(H,9,10). The highest BCUT2D eigenvalue weighted by molar-refractivity contribution is 7.47. The molecule has 0 heterocycles. The molecule has 50 heavy (non-hydrogen) atoms. The minimum absolute atomic E-state index is 0.288. The van der Waals surface area contributed by atoms with Gasteiger partial charge in [-0.3, -0.25) is 9.05 Å². The Morgan fingerprint density at radius 1 is 0.340 bits per heavy atom. The molecule has 0 unspecified atom stereocenters. The first-order chi connectivity index (χ1) is 24.5. The van der Waals surface area contributed by atoms with E-state index in [1.807, 2.05) is 13.8 Å². The summed E-state index contributed by atoms with van der Waals surface area (Å²) in [6, 6.07) is 0. The summed E-state index contributed by atoms with van der Waals surface area (Å²) >= 11 is 0. The van der Waals surface area contributed by atoms with Gasteiger partial charge in [-0.05, 0) is 51.7 Å². The predicted octanol–water partition coefficient (Wildman–Crippen LogP) is 15.8. The Kier molecular flexibility index (Phi) is 47.2. The van der Waals surface area contributed by atoms with Crippen molar-refractivity contribution in [2.75, 3.05) is 32.8 Å². The van der Waals surface area contributed by atoms with E-state index < -0.39 is 7.82 Å². The number of hydrogen-bond donors (Lipinski definition) is 1. The van der Waals surface area contributed by atoms with E-state index in [0.29, 0.717) is 0 Å². The summed E-state index contributed by atoms with van der Waals surface area (Å²) in [6.07, 6.45) is 47.0. The number of nitrogens with zero attached hydrogens (tertiary/aromatic N) is 1. The van der Waals surface area contributed by atoms with E-state index in [0.717, 1.165) is 25.7 Å². The zero-order valence-electron chi connectivity index (χ0n) is 35.1. The first-order valence-corrected chi connectivity index (χ1v) is 24.3. The van der Waals surface area contributed by atoms with Crippen LogP contribution in [0, 0.1) is 0 Å². The predicted molar refractivity (Wildman–Crippen MR) is 224 cm³/mol. The molecule has 6 heteroatoms. The third-order valence-corrected chi connectivity index (χ3v) is 11.0. The highest BCUT2D eigenvalue weighted by atomic mass is 31.2. The molecule has 0 aromatic rings. The molecular weight excluding hydrogens is 637 g/mol. The topological polar surface area (TPSA) is 59.0 Å². The zero-order chi connectivity index (χ0) is 37.1. The Morgan fingerprint density at radius 3 is 0.760 bits per heavy atom. The molecule has 0 aliphatic carbocycles. The monoisotopic (exact) mass is 732 g/mol. The molecule has 0 fully saturated rings. The zero-order valence-corrected chi connectivity index (χ0v) is 36.0. The van der Waals surface area contributed by atoms with Gasteiger partial charge >= 0.3 is 7.82 Å². The van der Waals surface area contributed by atoms with Crippen molar-refractivity contribution in [1.82, 2.24) is 4.90 Å². The lowest BCUT2D eigenvalue weighted by Gasteiger charge is -2.22. The first kappa shape index (κ1) is 52.2. The maximum absolute atomic E-state index is 11.1. The number of phosphoric acid groups is 1. The maximum atomic E-state index is 11.1. The van der Waals surface area contributed by atoms with Gasteiger partial charge in [-0.2, -0.15) is 0 Å². The van der Waals surface area contributed by atoms with Crippen LogP contribution in [-0.2, 0) is 13.6 Å². The average Bonchev–Trinajstić information content (AvgIpc) is 3.10. The SMILES string of the molecule is CCCCCCCCCCCCN(CCCCCCCCCCCC)CCCCCCCCCCCC.CCCCOP(=O)(O)OCCCC. The Labute approximate surface area is 316 Å². The van der Waals surface area contributed by atoms with E-state index >= 15 is 0 Å². The minimum Gasteiger partial charge on any atom is -0.303 e. The molecule has 304 valence electrons. The van der Waals surface area contributed by atoms with Crippen molar-refractivity contribution in [3.05, 3.63) is 0 Å². The molecule has 1 N–H and O–H groups in total. The van der Waals surface area contributed by atoms with E-state index in [4.69, 9.17) is 13.9 Å². The Bertz CT molecular complexity index is 578. The molecule has 0 spiro atoms. The Morgan fingerprint density at radius 2 is 0.540 bits per heavy atom. The molecule has 0 saturated heterocycles. The van der Waals surface area contributed by atoms with Gasteiger partial charge in [0.1, 0.15) is 0 Å². The smallest absolute Gasteiger partial charge is 0.303 e. The first-order valence-electron chi connectivity index (χ1n) is 22.8. The van der Waals surface area contributed by atoms with Crippen LogP contribution in [0.1, 0.15) is 253 Å². The van der Waals surface area contributed by atoms with Crippen LogP contribution in [0.15, 0.2) is 0 Å². The van der Waals surface area contributed by atoms with E-state index in [2.05, 4.69) is 25.7 Å². The highest BCUT2D eigenvalue weighted by Gasteiger charge is 2.19. The lowest BCUT2D eigenvalue weighted by molar-refractivity contribution is 0.146. The molecule has 0 radical (unpaired) electrons. The third kappa shape index (κ3) is 46.1. The average molecular weight is 732 g/mol. The molecule has 0 aromatic heterocycles. The normalized spacial score (nSPS) is 11.7. The van der Waals surface area contributed by atoms with E-state index in [9.17, 15) is 4.57 Å². The van der Waals surface area contributed by atoms with Crippen LogP contribution >= 0.6 is 7.82 Å². The van der Waals surface area contributed by atoms with E-state index in [-0.39, 0.29) is 13.2 Å². The second-order valence-electron chi connectivity index (χ2n) is 15.2. The van der Waals surface area contributed by atoms with E-state index in [1.54, 1.807) is 0 Å². The number of rotatable bonds is 41. The maximum Gasteiger partial charge on any atom is 0.472 e. The van der Waals surface area contributed by atoms with Crippen LogP contribution in [0.3, 0.4) is 0 Å². The van der Waals surface area contributed by atoms with Crippen molar-refractivity contribution in [2.24, 2.45) is 0 Å². The van der Waals surface area contributed by atoms with Gasteiger partial charge in [-0.1, -0.05) is 221 Å². The van der Waals surface area contributed by atoms with Gasteiger partial charge in [0.05, 0.1) is 13.2 Å². The molecule has 0 aromatic carbocycles. The summed E-state index contributed by atoms with van der Waals surface area (Å²) in [7, 11) is -3.75. The molecule has 0 aliphatic heterocycles. The molecule has 0 aliphatic rings. The van der Waals surface area contributed by atoms with Gasteiger partial charge in [-0.25, -0.2) is 4.57 Å². The van der Waals surface area contributed by atoms with Crippen molar-refractivity contribution < 1.29 is 18.5 Å². The second kappa shape index (κ2) is 45.2. The summed E-state index contributed by atoms with van der Waals surface area (Å²) < 4.78 is 20.5. The van der Waals surface area contributed by atoms with Crippen LogP contribution in [0.5, 0.6) is 0 Å². The Hall–Kier alpha value is 0.0700. The quantitative estimate of drug-likeness (QED) is 0.0501. The third-order valence-electron chi connectivity index (χ3n) is 9.99. The lowest BCUT2D eigenvalue weighted by atomic mass is 10.1. The lowest BCUT2D eigenvalue weighted by Crippen LogP contribution is -2.27.